The number of fused-ring (bicyclic) bond motifs is 1. The van der Waals surface area contributed by atoms with Crippen molar-refractivity contribution in [3.05, 3.63) is 52.0 Å². The highest BCUT2D eigenvalue weighted by Crippen LogP contribution is 2.31. The van der Waals surface area contributed by atoms with E-state index in [2.05, 4.69) is 10.3 Å². The molecular weight excluding hydrogens is 374 g/mol. The lowest BCUT2D eigenvalue weighted by Gasteiger charge is -2.13. The van der Waals surface area contributed by atoms with E-state index in [0.717, 1.165) is 10.4 Å². The van der Waals surface area contributed by atoms with Gasteiger partial charge in [0.15, 0.2) is 0 Å². The van der Waals surface area contributed by atoms with E-state index in [1.807, 2.05) is 25.1 Å². The van der Waals surface area contributed by atoms with Gasteiger partial charge in [-0.25, -0.2) is 4.98 Å². The van der Waals surface area contributed by atoms with Crippen molar-refractivity contribution in [3.8, 4) is 10.4 Å². The van der Waals surface area contributed by atoms with E-state index in [4.69, 9.17) is 16.3 Å². The molecule has 136 valence electrons. The number of hydrogen-bond acceptors (Lipinski definition) is 5. The Balaban J connectivity index is 1.85. The number of methoxy groups -OCH3 is 1. The van der Waals surface area contributed by atoms with Crippen molar-refractivity contribution >= 4 is 39.1 Å². The van der Waals surface area contributed by atoms with Crippen LogP contribution in [-0.2, 0) is 16.1 Å². The standard InChI is InChI=1S/C18H18ClN3O3S/c1-11(9-25-2)21-16(23)8-22-10-20-14-7-15(26-17(14)18(22)24)12-3-5-13(19)6-4-12/h3-7,10-11H,8-9H2,1-2H3,(H,21,23). The summed E-state index contributed by atoms with van der Waals surface area (Å²) >= 11 is 7.28. The smallest absolute Gasteiger partial charge is 0.271 e. The van der Waals surface area contributed by atoms with Gasteiger partial charge in [0.25, 0.3) is 5.56 Å². The predicted octanol–water partition coefficient (Wildman–Crippen LogP) is 2.93. The Labute approximate surface area is 159 Å². The third-order valence-corrected chi connectivity index (χ3v) is 5.18. The van der Waals surface area contributed by atoms with Crippen LogP contribution in [0, 0.1) is 0 Å². The third kappa shape index (κ3) is 4.12. The van der Waals surface area contributed by atoms with Crippen LogP contribution in [0.3, 0.4) is 0 Å². The highest BCUT2D eigenvalue weighted by molar-refractivity contribution is 7.22. The molecule has 0 bridgehead atoms. The molecule has 0 spiro atoms. The second-order valence-corrected chi connectivity index (χ2v) is 7.42. The highest BCUT2D eigenvalue weighted by atomic mass is 35.5. The van der Waals surface area contributed by atoms with E-state index in [-0.39, 0.29) is 24.1 Å². The zero-order valence-corrected chi connectivity index (χ0v) is 15.9. The quantitative estimate of drug-likeness (QED) is 0.701. The first-order valence-corrected chi connectivity index (χ1v) is 9.20. The first-order chi connectivity index (χ1) is 12.5. The molecular formula is C18H18ClN3O3S. The molecule has 3 rings (SSSR count). The summed E-state index contributed by atoms with van der Waals surface area (Å²) < 4.78 is 6.83. The number of amides is 1. The molecule has 0 aliphatic rings. The number of halogens is 1. The van der Waals surface area contributed by atoms with Crippen LogP contribution in [0.4, 0.5) is 0 Å². The topological polar surface area (TPSA) is 73.2 Å². The van der Waals surface area contributed by atoms with Gasteiger partial charge >= 0.3 is 0 Å². The first-order valence-electron chi connectivity index (χ1n) is 8.01. The number of nitrogens with zero attached hydrogens (tertiary/aromatic N) is 2. The first kappa shape index (κ1) is 18.6. The van der Waals surface area contributed by atoms with Gasteiger partial charge in [-0.05, 0) is 30.7 Å². The van der Waals surface area contributed by atoms with Gasteiger partial charge in [0.1, 0.15) is 11.2 Å². The van der Waals surface area contributed by atoms with Gasteiger partial charge in [-0.1, -0.05) is 23.7 Å². The summed E-state index contributed by atoms with van der Waals surface area (Å²) in [5, 5.41) is 3.44. The molecule has 1 N–H and O–H groups in total. The average molecular weight is 392 g/mol. The molecule has 0 fully saturated rings. The van der Waals surface area contributed by atoms with Crippen molar-refractivity contribution in [1.29, 1.82) is 0 Å². The molecule has 8 heteroatoms. The summed E-state index contributed by atoms with van der Waals surface area (Å²) in [6, 6.07) is 9.15. The lowest BCUT2D eigenvalue weighted by Crippen LogP contribution is -2.39. The average Bonchev–Trinajstić information content (AvgIpc) is 3.03. The van der Waals surface area contributed by atoms with Crippen molar-refractivity contribution in [2.75, 3.05) is 13.7 Å². The van der Waals surface area contributed by atoms with E-state index in [0.29, 0.717) is 21.8 Å². The predicted molar refractivity (Wildman–Crippen MR) is 104 cm³/mol. The molecule has 1 aromatic carbocycles. The van der Waals surface area contributed by atoms with E-state index in [1.165, 1.54) is 22.2 Å². The Morgan fingerprint density at radius 2 is 2.12 bits per heavy atom. The van der Waals surface area contributed by atoms with Gasteiger partial charge in [-0.15, -0.1) is 11.3 Å². The molecule has 0 radical (unpaired) electrons. The number of carbonyl (C=O) groups is 1. The zero-order valence-electron chi connectivity index (χ0n) is 14.4. The Hall–Kier alpha value is -2.22. The number of ether oxygens (including phenoxy) is 1. The molecule has 0 aliphatic carbocycles. The minimum absolute atomic E-state index is 0.0794. The maximum Gasteiger partial charge on any atom is 0.271 e. The summed E-state index contributed by atoms with van der Waals surface area (Å²) in [4.78, 5) is 30.0. The molecule has 0 saturated carbocycles. The number of hydrogen-bond donors (Lipinski definition) is 1. The fourth-order valence-corrected chi connectivity index (χ4v) is 3.77. The lowest BCUT2D eigenvalue weighted by atomic mass is 10.2. The molecule has 26 heavy (non-hydrogen) atoms. The molecule has 0 saturated heterocycles. The highest BCUT2D eigenvalue weighted by Gasteiger charge is 2.13. The second kappa shape index (κ2) is 7.99. The monoisotopic (exact) mass is 391 g/mol. The zero-order chi connectivity index (χ0) is 18.7. The van der Waals surface area contributed by atoms with Gasteiger partial charge < -0.3 is 10.1 Å². The maximum atomic E-state index is 12.7. The van der Waals surface area contributed by atoms with Crippen molar-refractivity contribution in [2.45, 2.75) is 19.5 Å². The largest absolute Gasteiger partial charge is 0.383 e. The number of aromatic nitrogens is 2. The molecule has 2 heterocycles. The van der Waals surface area contributed by atoms with Crippen LogP contribution in [-0.4, -0.2) is 35.2 Å². The fraction of sp³-hybridized carbons (Fsp3) is 0.278. The molecule has 0 aliphatic heterocycles. The Kier molecular flexibility index (Phi) is 5.70. The van der Waals surface area contributed by atoms with Crippen molar-refractivity contribution < 1.29 is 9.53 Å². The summed E-state index contributed by atoms with van der Waals surface area (Å²) in [5.74, 6) is -0.257. The third-order valence-electron chi connectivity index (χ3n) is 3.77. The minimum Gasteiger partial charge on any atom is -0.383 e. The normalized spacial score (nSPS) is 12.3. The summed E-state index contributed by atoms with van der Waals surface area (Å²) in [6.07, 6.45) is 1.41. The van der Waals surface area contributed by atoms with E-state index < -0.39 is 0 Å². The van der Waals surface area contributed by atoms with Gasteiger partial charge in [-0.2, -0.15) is 0 Å². The van der Waals surface area contributed by atoms with Crippen LogP contribution in [0.25, 0.3) is 20.7 Å². The molecule has 3 aromatic rings. The molecule has 2 aromatic heterocycles. The molecule has 1 amide bonds. The summed E-state index contributed by atoms with van der Waals surface area (Å²) in [6.45, 7) is 2.17. The SMILES string of the molecule is COCC(C)NC(=O)Cn1cnc2cc(-c3ccc(Cl)cc3)sc2c1=O. The summed E-state index contributed by atoms with van der Waals surface area (Å²) in [5.41, 5.74) is 1.36. The second-order valence-electron chi connectivity index (χ2n) is 5.93. The van der Waals surface area contributed by atoms with Crippen molar-refractivity contribution in [1.82, 2.24) is 14.9 Å². The van der Waals surface area contributed by atoms with Gasteiger partial charge in [0.2, 0.25) is 5.91 Å². The van der Waals surface area contributed by atoms with E-state index >= 15 is 0 Å². The minimum atomic E-state index is -0.257. The fourth-order valence-electron chi connectivity index (χ4n) is 2.58. The van der Waals surface area contributed by atoms with Crippen LogP contribution < -0.4 is 10.9 Å². The van der Waals surface area contributed by atoms with Crippen molar-refractivity contribution in [3.63, 3.8) is 0 Å². The number of rotatable bonds is 6. The van der Waals surface area contributed by atoms with Crippen LogP contribution in [0.1, 0.15) is 6.92 Å². The Morgan fingerprint density at radius 3 is 2.81 bits per heavy atom. The van der Waals surface area contributed by atoms with Crippen LogP contribution >= 0.6 is 22.9 Å². The Morgan fingerprint density at radius 1 is 1.38 bits per heavy atom. The van der Waals surface area contributed by atoms with Gasteiger partial charge in [0.05, 0.1) is 18.5 Å². The number of nitrogens with one attached hydrogen (secondary N) is 1. The number of benzene rings is 1. The van der Waals surface area contributed by atoms with Gasteiger partial charge in [0, 0.05) is 23.1 Å². The summed E-state index contributed by atoms with van der Waals surface area (Å²) in [7, 11) is 1.57. The van der Waals surface area contributed by atoms with Crippen molar-refractivity contribution in [2.24, 2.45) is 0 Å². The van der Waals surface area contributed by atoms with Crippen LogP contribution in [0.5, 0.6) is 0 Å². The Bertz CT molecular complexity index is 982. The number of carbonyl (C=O) groups excluding carboxylic acids is 1. The van der Waals surface area contributed by atoms with E-state index in [1.54, 1.807) is 19.2 Å². The van der Waals surface area contributed by atoms with E-state index in [9.17, 15) is 9.59 Å². The van der Waals surface area contributed by atoms with Crippen LogP contribution in [0.2, 0.25) is 5.02 Å². The van der Waals surface area contributed by atoms with Crippen LogP contribution in [0.15, 0.2) is 41.5 Å². The number of thiophene rings is 1. The molecule has 1 atom stereocenters. The molecule has 1 unspecified atom stereocenters. The maximum absolute atomic E-state index is 12.7. The van der Waals surface area contributed by atoms with Gasteiger partial charge in [-0.3, -0.25) is 14.2 Å². The lowest BCUT2D eigenvalue weighted by molar-refractivity contribution is -0.122. The molecule has 6 nitrogen and oxygen atoms in total.